The Morgan fingerprint density at radius 3 is 2.49 bits per heavy atom. The number of hydrogen-bond donors (Lipinski definition) is 4. The van der Waals surface area contributed by atoms with Crippen LogP contribution in [-0.2, 0) is 4.84 Å². The van der Waals surface area contributed by atoms with E-state index >= 15 is 0 Å². The number of carbonyl (C=O) groups excluding carboxylic acids is 1. The molecule has 37 heavy (non-hydrogen) atoms. The van der Waals surface area contributed by atoms with Gasteiger partial charge in [0.05, 0.1) is 6.33 Å². The molecule has 11 nitrogen and oxygen atoms in total. The molecule has 0 bridgehead atoms. The van der Waals surface area contributed by atoms with Gasteiger partial charge in [0.25, 0.3) is 0 Å². The minimum absolute atomic E-state index is 0.221. The number of carbonyl (C=O) groups is 1. The number of piperidine rings is 1. The van der Waals surface area contributed by atoms with Crippen LogP contribution in [-0.4, -0.2) is 68.4 Å². The Labute approximate surface area is 219 Å². The van der Waals surface area contributed by atoms with Crippen molar-refractivity contribution < 1.29 is 9.63 Å². The summed E-state index contributed by atoms with van der Waals surface area (Å²) >= 11 is 0. The fourth-order valence-electron chi connectivity index (χ4n) is 5.78. The van der Waals surface area contributed by atoms with Crippen LogP contribution in [0, 0.1) is 0 Å². The van der Waals surface area contributed by atoms with Gasteiger partial charge >= 0.3 is 6.09 Å². The summed E-state index contributed by atoms with van der Waals surface area (Å²) in [7, 11) is 0. The Morgan fingerprint density at radius 1 is 1.03 bits per heavy atom. The van der Waals surface area contributed by atoms with E-state index < -0.39 is 0 Å². The van der Waals surface area contributed by atoms with E-state index in [1.165, 1.54) is 25.7 Å². The first-order valence-electron chi connectivity index (χ1n) is 14.3. The van der Waals surface area contributed by atoms with Crippen molar-refractivity contribution >= 4 is 29.0 Å². The highest BCUT2D eigenvalue weighted by Gasteiger charge is 2.26. The summed E-state index contributed by atoms with van der Waals surface area (Å²) in [6.07, 6.45) is 14.3. The second-order valence-corrected chi connectivity index (χ2v) is 10.9. The number of nitrogens with one attached hydrogen (secondary N) is 3. The quantitative estimate of drug-likeness (QED) is 0.368. The van der Waals surface area contributed by atoms with Gasteiger partial charge in [0.2, 0.25) is 5.95 Å². The molecule has 1 saturated heterocycles. The first-order chi connectivity index (χ1) is 18.1. The Morgan fingerprint density at radius 2 is 1.76 bits per heavy atom. The third-order valence-corrected chi connectivity index (χ3v) is 8.05. The second-order valence-electron chi connectivity index (χ2n) is 10.9. The Hall–Kier alpha value is -2.66. The molecule has 11 heteroatoms. The lowest BCUT2D eigenvalue weighted by molar-refractivity contribution is -0.112. The zero-order valence-corrected chi connectivity index (χ0v) is 22.1. The summed E-state index contributed by atoms with van der Waals surface area (Å²) in [5.74, 6) is 1.45. The number of nitrogens with two attached hydrogens (primary N) is 1. The standard InChI is InChI=1S/C26H43N9O2/c1-2-3-14-28-26(36)37-34-15-12-20(13-16-34)30-23-22-24(35(17-29-22)21-6-4-5-7-21)33-25(32-23)31-19-10-8-18(27)9-11-19/h17-21H,2-16,27H2,1H3,(H,28,36)(H2,30,31,32,33). The van der Waals surface area contributed by atoms with Gasteiger partial charge in [-0.15, -0.1) is 5.06 Å². The summed E-state index contributed by atoms with van der Waals surface area (Å²) in [6, 6.07) is 1.33. The van der Waals surface area contributed by atoms with Crippen LogP contribution in [0.3, 0.4) is 0 Å². The van der Waals surface area contributed by atoms with Crippen molar-refractivity contribution in [2.24, 2.45) is 5.73 Å². The van der Waals surface area contributed by atoms with Crippen LogP contribution < -0.4 is 21.7 Å². The molecule has 0 atom stereocenters. The van der Waals surface area contributed by atoms with E-state index in [0.717, 1.165) is 68.3 Å². The van der Waals surface area contributed by atoms with Gasteiger partial charge in [-0.2, -0.15) is 9.97 Å². The van der Waals surface area contributed by atoms with Crippen LogP contribution in [0.15, 0.2) is 6.33 Å². The van der Waals surface area contributed by atoms with Gasteiger partial charge in [-0.3, -0.25) is 0 Å². The number of amides is 1. The van der Waals surface area contributed by atoms with Crippen LogP contribution in [0.25, 0.3) is 11.2 Å². The Balaban J connectivity index is 1.26. The Kier molecular flexibility index (Phi) is 8.60. The van der Waals surface area contributed by atoms with Gasteiger partial charge < -0.3 is 31.1 Å². The van der Waals surface area contributed by atoms with Gasteiger partial charge in [-0.25, -0.2) is 9.78 Å². The summed E-state index contributed by atoms with van der Waals surface area (Å²) in [5.41, 5.74) is 7.85. The van der Waals surface area contributed by atoms with Crippen molar-refractivity contribution in [3.8, 4) is 0 Å². The first-order valence-corrected chi connectivity index (χ1v) is 14.3. The predicted molar refractivity (Wildman–Crippen MR) is 144 cm³/mol. The number of rotatable bonds is 9. The van der Waals surface area contributed by atoms with Crippen LogP contribution in [0.2, 0.25) is 0 Å². The molecule has 2 aliphatic carbocycles. The minimum atomic E-state index is -0.366. The fraction of sp³-hybridized carbons (Fsp3) is 0.769. The lowest BCUT2D eigenvalue weighted by Crippen LogP contribution is -2.42. The average Bonchev–Trinajstić information content (AvgIpc) is 3.57. The van der Waals surface area contributed by atoms with Crippen molar-refractivity contribution in [1.29, 1.82) is 0 Å². The molecule has 2 saturated carbocycles. The molecular weight excluding hydrogens is 470 g/mol. The van der Waals surface area contributed by atoms with Crippen LogP contribution in [0.5, 0.6) is 0 Å². The summed E-state index contributed by atoms with van der Waals surface area (Å²) < 4.78 is 2.25. The first kappa shape index (κ1) is 26.0. The van der Waals surface area contributed by atoms with Gasteiger partial charge in [0.1, 0.15) is 0 Å². The number of aromatic nitrogens is 4. The molecule has 3 fully saturated rings. The molecule has 0 aromatic carbocycles. The maximum atomic E-state index is 12.0. The van der Waals surface area contributed by atoms with Gasteiger partial charge in [-0.05, 0) is 57.8 Å². The van der Waals surface area contributed by atoms with E-state index in [-0.39, 0.29) is 12.1 Å². The highest BCUT2D eigenvalue weighted by Crippen LogP contribution is 2.34. The molecular formula is C26H43N9O2. The summed E-state index contributed by atoms with van der Waals surface area (Å²) in [4.78, 5) is 32.1. The van der Waals surface area contributed by atoms with Crippen molar-refractivity contribution in [2.45, 2.75) is 108 Å². The van der Waals surface area contributed by atoms with Gasteiger partial charge in [0.15, 0.2) is 17.0 Å². The number of anilines is 2. The zero-order chi connectivity index (χ0) is 25.6. The largest absolute Gasteiger partial charge is 0.426 e. The summed E-state index contributed by atoms with van der Waals surface area (Å²) in [5, 5.41) is 11.8. The van der Waals surface area contributed by atoms with E-state index in [4.69, 9.17) is 25.5 Å². The number of hydrogen-bond acceptors (Lipinski definition) is 9. The number of nitrogens with zero attached hydrogens (tertiary/aromatic N) is 5. The van der Waals surface area contributed by atoms with Crippen molar-refractivity contribution in [3.05, 3.63) is 6.33 Å². The molecule has 2 aromatic rings. The topological polar surface area (TPSA) is 135 Å². The van der Waals surface area contributed by atoms with Crippen LogP contribution in [0.4, 0.5) is 16.6 Å². The average molecular weight is 514 g/mol. The molecule has 3 heterocycles. The number of imidazole rings is 1. The molecule has 3 aliphatic rings. The summed E-state index contributed by atoms with van der Waals surface area (Å²) in [6.45, 7) is 4.10. The van der Waals surface area contributed by atoms with E-state index in [0.29, 0.717) is 43.7 Å². The second kappa shape index (κ2) is 12.3. The van der Waals surface area contributed by atoms with E-state index in [1.807, 2.05) is 6.33 Å². The molecule has 0 radical (unpaired) electrons. The fourth-order valence-corrected chi connectivity index (χ4v) is 5.78. The zero-order valence-electron chi connectivity index (χ0n) is 22.1. The minimum Gasteiger partial charge on any atom is -0.365 e. The molecule has 1 amide bonds. The molecule has 0 unspecified atom stereocenters. The monoisotopic (exact) mass is 513 g/mol. The predicted octanol–water partition coefficient (Wildman–Crippen LogP) is 3.94. The normalized spacial score (nSPS) is 23.8. The maximum absolute atomic E-state index is 12.0. The molecule has 204 valence electrons. The van der Waals surface area contributed by atoms with Crippen LogP contribution in [0.1, 0.15) is 90.0 Å². The van der Waals surface area contributed by atoms with Gasteiger partial charge in [-0.1, -0.05) is 26.2 Å². The molecule has 1 aliphatic heterocycles. The van der Waals surface area contributed by atoms with Gasteiger partial charge in [0, 0.05) is 43.8 Å². The van der Waals surface area contributed by atoms with E-state index in [9.17, 15) is 4.79 Å². The lowest BCUT2D eigenvalue weighted by atomic mass is 9.92. The highest BCUT2D eigenvalue weighted by molar-refractivity contribution is 5.84. The van der Waals surface area contributed by atoms with Crippen molar-refractivity contribution in [2.75, 3.05) is 30.3 Å². The molecule has 5 rings (SSSR count). The van der Waals surface area contributed by atoms with E-state index in [2.05, 4.69) is 27.4 Å². The SMILES string of the molecule is CCCCNC(=O)ON1CCC(Nc2nc(NC3CCC(N)CC3)nc3c2ncn3C2CCCC2)CC1. The third-order valence-electron chi connectivity index (χ3n) is 8.05. The van der Waals surface area contributed by atoms with Crippen LogP contribution >= 0.6 is 0 Å². The molecule has 5 N–H and O–H groups in total. The van der Waals surface area contributed by atoms with E-state index in [1.54, 1.807) is 5.06 Å². The maximum Gasteiger partial charge on any atom is 0.426 e. The van der Waals surface area contributed by atoms with Crippen molar-refractivity contribution in [3.63, 3.8) is 0 Å². The molecule has 2 aromatic heterocycles. The lowest BCUT2D eigenvalue weighted by Gasteiger charge is -2.31. The number of fused-ring (bicyclic) bond motifs is 1. The highest BCUT2D eigenvalue weighted by atomic mass is 16.7. The Bertz CT molecular complexity index is 1020. The number of unbranched alkanes of at least 4 members (excludes halogenated alkanes) is 1. The molecule has 0 spiro atoms. The third kappa shape index (κ3) is 6.62. The van der Waals surface area contributed by atoms with Crippen molar-refractivity contribution in [1.82, 2.24) is 29.9 Å². The smallest absolute Gasteiger partial charge is 0.365 e. The number of hydroxylamine groups is 2.